The van der Waals surface area contributed by atoms with Crippen molar-refractivity contribution < 1.29 is 14.5 Å². The molecule has 0 heterocycles. The first-order valence-corrected chi connectivity index (χ1v) is 5.03. The molecule has 0 unspecified atom stereocenters. The van der Waals surface area contributed by atoms with Gasteiger partial charge in [-0.1, -0.05) is 18.7 Å². The van der Waals surface area contributed by atoms with Crippen molar-refractivity contribution in [3.8, 4) is 0 Å². The van der Waals surface area contributed by atoms with Gasteiger partial charge < -0.3 is 4.74 Å². The Hall–Kier alpha value is -2.17. The Kier molecular flexibility index (Phi) is 3.98. The van der Waals surface area contributed by atoms with Crippen LogP contribution in [-0.2, 0) is 9.53 Å². The third-order valence-corrected chi connectivity index (χ3v) is 2.20. The van der Waals surface area contributed by atoms with Crippen molar-refractivity contribution in [3.63, 3.8) is 0 Å². The van der Waals surface area contributed by atoms with Crippen molar-refractivity contribution in [3.05, 3.63) is 52.1 Å². The van der Waals surface area contributed by atoms with E-state index in [4.69, 9.17) is 4.74 Å². The zero-order valence-corrected chi connectivity index (χ0v) is 9.67. The lowest BCUT2D eigenvalue weighted by Crippen LogP contribution is -2.10. The number of esters is 1. The Bertz CT molecular complexity index is 467. The van der Waals surface area contributed by atoms with E-state index in [1.165, 1.54) is 13.0 Å². The van der Waals surface area contributed by atoms with E-state index in [0.29, 0.717) is 5.56 Å². The highest BCUT2D eigenvalue weighted by Gasteiger charge is 2.21. The Morgan fingerprint density at radius 3 is 2.59 bits per heavy atom. The van der Waals surface area contributed by atoms with Gasteiger partial charge in [0.15, 0.2) is 0 Å². The number of carbonyl (C=O) groups is 1. The minimum atomic E-state index is -0.680. The van der Waals surface area contributed by atoms with E-state index in [1.807, 2.05) is 0 Å². The van der Waals surface area contributed by atoms with Crippen LogP contribution in [0.2, 0.25) is 0 Å². The van der Waals surface area contributed by atoms with Crippen LogP contribution in [0.15, 0.2) is 36.4 Å². The third-order valence-electron chi connectivity index (χ3n) is 2.20. The number of hydrogen-bond acceptors (Lipinski definition) is 4. The molecule has 17 heavy (non-hydrogen) atoms. The molecule has 0 saturated heterocycles. The van der Waals surface area contributed by atoms with Crippen molar-refractivity contribution in [2.45, 2.75) is 20.0 Å². The summed E-state index contributed by atoms with van der Waals surface area (Å²) in [6.07, 6.45) is -0.680. The maximum Gasteiger partial charge on any atom is 0.333 e. The third kappa shape index (κ3) is 3.14. The summed E-state index contributed by atoms with van der Waals surface area (Å²) in [5, 5.41) is 10.8. The molecule has 1 atom stereocenters. The highest BCUT2D eigenvalue weighted by molar-refractivity contribution is 5.87. The van der Waals surface area contributed by atoms with Crippen LogP contribution in [0.5, 0.6) is 0 Å². The summed E-state index contributed by atoms with van der Waals surface area (Å²) in [7, 11) is 0. The molecule has 0 spiro atoms. The van der Waals surface area contributed by atoms with E-state index in [1.54, 1.807) is 25.1 Å². The minimum absolute atomic E-state index is 0.0606. The van der Waals surface area contributed by atoms with Crippen LogP contribution < -0.4 is 0 Å². The summed E-state index contributed by atoms with van der Waals surface area (Å²) in [6, 6.07) is 6.16. The van der Waals surface area contributed by atoms with E-state index in [2.05, 4.69) is 6.58 Å². The topological polar surface area (TPSA) is 69.4 Å². The number of para-hydroxylation sites is 1. The molecule has 0 saturated carbocycles. The molecule has 0 aliphatic heterocycles. The number of carbonyl (C=O) groups excluding carboxylic acids is 1. The Labute approximate surface area is 98.9 Å². The van der Waals surface area contributed by atoms with Crippen LogP contribution in [0.25, 0.3) is 0 Å². The molecular weight excluding hydrogens is 222 g/mol. The van der Waals surface area contributed by atoms with Gasteiger partial charge in [-0.2, -0.15) is 0 Å². The number of nitro groups is 1. The lowest BCUT2D eigenvalue weighted by Gasteiger charge is -2.13. The van der Waals surface area contributed by atoms with Gasteiger partial charge >= 0.3 is 5.97 Å². The average molecular weight is 235 g/mol. The predicted octanol–water partition coefficient (Wildman–Crippen LogP) is 2.78. The van der Waals surface area contributed by atoms with Crippen molar-refractivity contribution in [2.75, 3.05) is 0 Å². The molecule has 0 aliphatic carbocycles. The maximum absolute atomic E-state index is 11.3. The second-order valence-electron chi connectivity index (χ2n) is 3.64. The normalized spacial score (nSPS) is 11.6. The van der Waals surface area contributed by atoms with Crippen LogP contribution in [0.1, 0.15) is 25.5 Å². The Morgan fingerprint density at radius 2 is 2.06 bits per heavy atom. The molecular formula is C12H13NO4. The molecule has 0 bridgehead atoms. The standard InChI is InChI=1S/C12H13NO4/c1-8(2)12(14)17-9(3)10-6-4-5-7-11(10)13(15)16/h4-7,9H,1H2,2-3H3/t9-/m0/s1. The number of benzene rings is 1. The van der Waals surface area contributed by atoms with Gasteiger partial charge in [0.2, 0.25) is 0 Å². The molecule has 0 aromatic heterocycles. The molecule has 1 rings (SSSR count). The van der Waals surface area contributed by atoms with Gasteiger partial charge in [-0.15, -0.1) is 0 Å². The summed E-state index contributed by atoms with van der Waals surface area (Å²) in [6.45, 7) is 6.56. The van der Waals surface area contributed by atoms with E-state index in [0.717, 1.165) is 0 Å². The molecule has 90 valence electrons. The van der Waals surface area contributed by atoms with Gasteiger partial charge in [0.05, 0.1) is 10.5 Å². The quantitative estimate of drug-likeness (QED) is 0.348. The smallest absolute Gasteiger partial charge is 0.333 e. The Morgan fingerprint density at radius 1 is 1.47 bits per heavy atom. The number of rotatable bonds is 4. The van der Waals surface area contributed by atoms with Gasteiger partial charge in [-0.05, 0) is 19.9 Å². The van der Waals surface area contributed by atoms with E-state index in [9.17, 15) is 14.9 Å². The minimum Gasteiger partial charge on any atom is -0.454 e. The fourth-order valence-electron chi connectivity index (χ4n) is 1.32. The van der Waals surface area contributed by atoms with Crippen LogP contribution in [0.4, 0.5) is 5.69 Å². The lowest BCUT2D eigenvalue weighted by atomic mass is 10.1. The highest BCUT2D eigenvalue weighted by atomic mass is 16.6. The summed E-state index contributed by atoms with van der Waals surface area (Å²) in [5.74, 6) is -0.560. The molecule has 5 heteroatoms. The van der Waals surface area contributed by atoms with Crippen LogP contribution in [0, 0.1) is 10.1 Å². The summed E-state index contributed by atoms with van der Waals surface area (Å²) in [5.41, 5.74) is 0.567. The van der Waals surface area contributed by atoms with Gasteiger partial charge in [-0.3, -0.25) is 10.1 Å². The first-order valence-electron chi connectivity index (χ1n) is 5.03. The number of ether oxygens (including phenoxy) is 1. The van der Waals surface area contributed by atoms with Gasteiger partial charge in [-0.25, -0.2) is 4.79 Å². The highest BCUT2D eigenvalue weighted by Crippen LogP contribution is 2.27. The zero-order valence-electron chi connectivity index (χ0n) is 9.67. The fraction of sp³-hybridized carbons (Fsp3) is 0.250. The average Bonchev–Trinajstić information content (AvgIpc) is 2.28. The molecule has 0 fully saturated rings. The summed E-state index contributed by atoms with van der Waals surface area (Å²) in [4.78, 5) is 21.6. The van der Waals surface area contributed by atoms with E-state index < -0.39 is 17.0 Å². The first kappa shape index (κ1) is 12.9. The molecule has 1 aromatic carbocycles. The van der Waals surface area contributed by atoms with Gasteiger partial charge in [0, 0.05) is 11.6 Å². The fourth-order valence-corrected chi connectivity index (χ4v) is 1.32. The second kappa shape index (κ2) is 5.25. The van der Waals surface area contributed by atoms with Crippen LogP contribution in [0.3, 0.4) is 0 Å². The summed E-state index contributed by atoms with van der Waals surface area (Å²) >= 11 is 0. The molecule has 1 aromatic rings. The van der Waals surface area contributed by atoms with Gasteiger partial charge in [0.1, 0.15) is 6.10 Å². The Balaban J connectivity index is 2.96. The largest absolute Gasteiger partial charge is 0.454 e. The number of nitro benzene ring substituents is 1. The maximum atomic E-state index is 11.3. The van der Waals surface area contributed by atoms with Crippen LogP contribution >= 0.6 is 0 Å². The first-order chi connectivity index (χ1) is 7.93. The molecule has 0 aliphatic rings. The van der Waals surface area contributed by atoms with Gasteiger partial charge in [0.25, 0.3) is 5.69 Å². The number of hydrogen-bond donors (Lipinski definition) is 0. The van der Waals surface area contributed by atoms with E-state index in [-0.39, 0.29) is 11.3 Å². The van der Waals surface area contributed by atoms with Crippen molar-refractivity contribution in [1.29, 1.82) is 0 Å². The lowest BCUT2D eigenvalue weighted by molar-refractivity contribution is -0.386. The molecule has 0 N–H and O–H groups in total. The molecule has 5 nitrogen and oxygen atoms in total. The SMILES string of the molecule is C=C(C)C(=O)O[C@@H](C)c1ccccc1[N+](=O)[O-]. The predicted molar refractivity (Wildman–Crippen MR) is 62.4 cm³/mol. The molecule has 0 amide bonds. The second-order valence-corrected chi connectivity index (χ2v) is 3.64. The van der Waals surface area contributed by atoms with Crippen LogP contribution in [-0.4, -0.2) is 10.9 Å². The van der Waals surface area contributed by atoms with E-state index >= 15 is 0 Å². The monoisotopic (exact) mass is 235 g/mol. The number of nitrogens with zero attached hydrogens (tertiary/aromatic N) is 1. The summed E-state index contributed by atoms with van der Waals surface area (Å²) < 4.78 is 5.05. The zero-order chi connectivity index (χ0) is 13.0. The molecule has 0 radical (unpaired) electrons. The van der Waals surface area contributed by atoms with Crippen molar-refractivity contribution >= 4 is 11.7 Å². The van der Waals surface area contributed by atoms with Crippen molar-refractivity contribution in [2.24, 2.45) is 0 Å². The van der Waals surface area contributed by atoms with Crippen molar-refractivity contribution in [1.82, 2.24) is 0 Å².